The van der Waals surface area contributed by atoms with Crippen molar-refractivity contribution in [1.29, 1.82) is 0 Å². The Kier molecular flexibility index (Phi) is 6.03. The lowest BCUT2D eigenvalue weighted by molar-refractivity contribution is -0.152. The molecule has 4 rings (SSSR count). The lowest BCUT2D eigenvalue weighted by atomic mass is 10.1. The number of carbonyl (C=O) groups is 2. The summed E-state index contributed by atoms with van der Waals surface area (Å²) in [5, 5.41) is -0.162. The first-order chi connectivity index (χ1) is 14.8. The van der Waals surface area contributed by atoms with Gasteiger partial charge in [0, 0.05) is 6.92 Å². The van der Waals surface area contributed by atoms with Crippen molar-refractivity contribution >= 4 is 46.3 Å². The zero-order chi connectivity index (χ0) is 22.1. The van der Waals surface area contributed by atoms with Crippen molar-refractivity contribution in [1.82, 2.24) is 19.5 Å². The molecule has 0 N–H and O–H groups in total. The Balaban J connectivity index is 1.58. The average Bonchev–Trinajstić information content (AvgIpc) is 3.28. The van der Waals surface area contributed by atoms with Gasteiger partial charge in [0.25, 0.3) is 0 Å². The lowest BCUT2D eigenvalue weighted by Crippen LogP contribution is -2.36. The predicted molar refractivity (Wildman–Crippen MR) is 106 cm³/mol. The number of alkyl halides is 1. The van der Waals surface area contributed by atoms with Crippen molar-refractivity contribution in [3.05, 3.63) is 52.7 Å². The maximum atomic E-state index is 15.3. The van der Waals surface area contributed by atoms with Gasteiger partial charge >= 0.3 is 11.9 Å². The molecule has 3 heterocycles. The van der Waals surface area contributed by atoms with E-state index in [-0.39, 0.29) is 28.2 Å². The van der Waals surface area contributed by atoms with Crippen LogP contribution in [0.15, 0.2) is 36.7 Å². The normalized spacial score (nSPS) is 23.1. The molecule has 0 radical (unpaired) electrons. The summed E-state index contributed by atoms with van der Waals surface area (Å²) >= 11 is 11.9. The molecule has 31 heavy (non-hydrogen) atoms. The highest BCUT2D eigenvalue weighted by Gasteiger charge is 2.49. The van der Waals surface area contributed by atoms with E-state index in [2.05, 4.69) is 15.0 Å². The zero-order valence-corrected chi connectivity index (χ0v) is 17.5. The van der Waals surface area contributed by atoms with E-state index in [1.54, 1.807) is 30.3 Å². The monoisotopic (exact) mass is 468 g/mol. The molecule has 12 heteroatoms. The summed E-state index contributed by atoms with van der Waals surface area (Å²) in [6.45, 7) is 0.804. The second-order valence-corrected chi connectivity index (χ2v) is 7.35. The van der Waals surface area contributed by atoms with Crippen LogP contribution in [0.1, 0.15) is 23.5 Å². The molecule has 0 saturated carbocycles. The third-order valence-electron chi connectivity index (χ3n) is 4.58. The minimum Gasteiger partial charge on any atom is -0.459 e. The molecule has 162 valence electrons. The maximum absolute atomic E-state index is 15.3. The Labute approximate surface area is 185 Å². The molecule has 1 aromatic carbocycles. The van der Waals surface area contributed by atoms with Gasteiger partial charge in [0.15, 0.2) is 29.3 Å². The highest BCUT2D eigenvalue weighted by atomic mass is 35.5. The summed E-state index contributed by atoms with van der Waals surface area (Å²) in [5.41, 5.74) is 0.658. The number of ether oxygens (including phenoxy) is 3. The Morgan fingerprint density at radius 2 is 1.97 bits per heavy atom. The Bertz CT molecular complexity index is 1130. The molecule has 1 aliphatic rings. The Morgan fingerprint density at radius 1 is 1.23 bits per heavy atom. The van der Waals surface area contributed by atoms with Crippen molar-refractivity contribution in [2.45, 2.75) is 31.5 Å². The predicted octanol–water partition coefficient (Wildman–Crippen LogP) is 3.16. The number of imidazole rings is 1. The van der Waals surface area contributed by atoms with Crippen molar-refractivity contribution in [3.8, 4) is 0 Å². The van der Waals surface area contributed by atoms with Crippen molar-refractivity contribution in [2.24, 2.45) is 0 Å². The van der Waals surface area contributed by atoms with Gasteiger partial charge in [-0.1, -0.05) is 29.8 Å². The number of halogens is 3. The minimum atomic E-state index is -1.81. The number of rotatable bonds is 5. The second-order valence-electron chi connectivity index (χ2n) is 6.66. The van der Waals surface area contributed by atoms with Crippen molar-refractivity contribution < 1.29 is 28.2 Å². The van der Waals surface area contributed by atoms with E-state index in [0.717, 1.165) is 6.92 Å². The van der Waals surface area contributed by atoms with Crippen molar-refractivity contribution in [2.75, 3.05) is 6.61 Å². The minimum absolute atomic E-state index is 0.00738. The van der Waals surface area contributed by atoms with Crippen LogP contribution >= 0.6 is 23.2 Å². The largest absolute Gasteiger partial charge is 0.459 e. The van der Waals surface area contributed by atoms with E-state index in [1.165, 1.54) is 10.9 Å². The number of nitrogens with zero attached hydrogens (tertiary/aromatic N) is 4. The van der Waals surface area contributed by atoms with Crippen LogP contribution in [0.3, 0.4) is 0 Å². The quantitative estimate of drug-likeness (QED) is 0.319. The topological polar surface area (TPSA) is 105 Å². The molecule has 4 atom stereocenters. The molecule has 0 amide bonds. The van der Waals surface area contributed by atoms with Gasteiger partial charge in [-0.15, -0.1) is 0 Å². The molecular weight excluding hydrogens is 454 g/mol. The van der Waals surface area contributed by atoms with Crippen molar-refractivity contribution in [3.63, 3.8) is 0 Å². The van der Waals surface area contributed by atoms with Gasteiger partial charge in [0.2, 0.25) is 5.28 Å². The molecule has 1 aliphatic heterocycles. The summed E-state index contributed by atoms with van der Waals surface area (Å²) in [6, 6.07) is 8.27. The van der Waals surface area contributed by atoms with Gasteiger partial charge in [-0.05, 0) is 23.7 Å². The molecule has 1 fully saturated rings. The number of esters is 2. The smallest absolute Gasteiger partial charge is 0.338 e. The van der Waals surface area contributed by atoms with Crippen LogP contribution in [0, 0.1) is 0 Å². The zero-order valence-electron chi connectivity index (χ0n) is 15.9. The Hall–Kier alpha value is -2.82. The van der Waals surface area contributed by atoms with E-state index in [4.69, 9.17) is 37.4 Å². The standard InChI is InChI=1S/C19H15Cl2FN4O5/c1-9(27)30-14-11(7-29-18(28)10-5-3-2-4-6-10)31-17(12(14)22)26-8-23-13-15(20)24-19(21)25-16(13)26/h2-6,8,11-12,14,17H,7H2,1H3/t11-,12-,14-,17-/m1/s1. The third kappa shape index (κ3) is 4.32. The van der Waals surface area contributed by atoms with Gasteiger partial charge in [-0.2, -0.15) is 4.98 Å². The van der Waals surface area contributed by atoms with Crippen LogP contribution in [0.5, 0.6) is 0 Å². The van der Waals surface area contributed by atoms with Crippen LogP contribution < -0.4 is 0 Å². The fourth-order valence-corrected chi connectivity index (χ4v) is 3.66. The number of hydrogen-bond donors (Lipinski definition) is 0. The molecule has 1 saturated heterocycles. The summed E-state index contributed by atoms with van der Waals surface area (Å²) in [5.74, 6) is -1.33. The van der Waals surface area contributed by atoms with Crippen LogP contribution in [0.4, 0.5) is 4.39 Å². The average molecular weight is 469 g/mol. The molecule has 0 unspecified atom stereocenters. The first-order valence-corrected chi connectivity index (χ1v) is 9.85. The van der Waals surface area contributed by atoms with Gasteiger partial charge in [-0.3, -0.25) is 9.36 Å². The number of benzene rings is 1. The fraction of sp³-hybridized carbons (Fsp3) is 0.316. The van der Waals surface area contributed by atoms with Crippen LogP contribution in [0.2, 0.25) is 10.4 Å². The second kappa shape index (κ2) is 8.74. The highest BCUT2D eigenvalue weighted by Crippen LogP contribution is 2.36. The third-order valence-corrected chi connectivity index (χ3v) is 5.02. The molecule has 0 bridgehead atoms. The SMILES string of the molecule is CC(=O)O[C@H]1[C@@H](F)[C@H](n2cnc3c(Cl)nc(Cl)nc32)O[C@@H]1COC(=O)c1ccccc1. The molecule has 0 spiro atoms. The van der Waals surface area contributed by atoms with E-state index in [1.807, 2.05) is 0 Å². The van der Waals surface area contributed by atoms with E-state index < -0.39 is 36.5 Å². The van der Waals surface area contributed by atoms with Gasteiger partial charge in [-0.25, -0.2) is 19.2 Å². The summed E-state index contributed by atoms with van der Waals surface area (Å²) in [4.78, 5) is 35.6. The summed E-state index contributed by atoms with van der Waals surface area (Å²) in [7, 11) is 0. The number of carbonyl (C=O) groups excluding carboxylic acids is 2. The summed E-state index contributed by atoms with van der Waals surface area (Å²) in [6.07, 6.45) is -4.22. The number of aromatic nitrogens is 4. The first kappa shape index (κ1) is 21.4. The Morgan fingerprint density at radius 3 is 2.68 bits per heavy atom. The maximum Gasteiger partial charge on any atom is 0.338 e. The first-order valence-electron chi connectivity index (χ1n) is 9.09. The lowest BCUT2D eigenvalue weighted by Gasteiger charge is -2.18. The van der Waals surface area contributed by atoms with Crippen LogP contribution in [0.25, 0.3) is 11.2 Å². The van der Waals surface area contributed by atoms with Crippen LogP contribution in [-0.2, 0) is 19.0 Å². The molecule has 0 aliphatic carbocycles. The molecular formula is C19H15Cl2FN4O5. The van der Waals surface area contributed by atoms with E-state index >= 15 is 4.39 Å². The van der Waals surface area contributed by atoms with Gasteiger partial charge in [0.1, 0.15) is 18.2 Å². The molecule has 3 aromatic rings. The van der Waals surface area contributed by atoms with Crippen LogP contribution in [-0.4, -0.2) is 56.4 Å². The van der Waals surface area contributed by atoms with Gasteiger partial charge < -0.3 is 14.2 Å². The fourth-order valence-electron chi connectivity index (χ4n) is 3.24. The van der Waals surface area contributed by atoms with E-state index in [9.17, 15) is 9.59 Å². The van der Waals surface area contributed by atoms with E-state index in [0.29, 0.717) is 5.56 Å². The number of fused-ring (bicyclic) bond motifs is 1. The molecule has 9 nitrogen and oxygen atoms in total. The molecule has 2 aromatic heterocycles. The number of hydrogen-bond acceptors (Lipinski definition) is 8. The summed E-state index contributed by atoms with van der Waals surface area (Å²) < 4.78 is 32.7. The van der Waals surface area contributed by atoms with Gasteiger partial charge in [0.05, 0.1) is 11.9 Å². The highest BCUT2D eigenvalue weighted by molar-refractivity contribution is 6.35.